The zero-order valence-corrected chi connectivity index (χ0v) is 26.6. The third-order valence-corrected chi connectivity index (χ3v) is 5.05. The molecule has 0 atom stereocenters. The van der Waals surface area contributed by atoms with Crippen molar-refractivity contribution in [2.45, 2.75) is 52.4 Å². The molecule has 36 heavy (non-hydrogen) atoms. The molecule has 3 aromatic carbocycles. The summed E-state index contributed by atoms with van der Waals surface area (Å²) >= 11 is 0. The monoisotopic (exact) mass is 723 g/mol. The van der Waals surface area contributed by atoms with Gasteiger partial charge in [0.25, 0.3) is 0 Å². The van der Waals surface area contributed by atoms with E-state index in [9.17, 15) is 4.79 Å². The predicted octanol–water partition coefficient (Wildman–Crippen LogP) is 7.16. The molecule has 189 valence electrons. The molecule has 0 spiro atoms. The van der Waals surface area contributed by atoms with Gasteiger partial charge in [0, 0.05) is 11.1 Å². The summed E-state index contributed by atoms with van der Waals surface area (Å²) in [5.41, 5.74) is 4.57. The van der Waals surface area contributed by atoms with E-state index in [1.807, 2.05) is 48.5 Å². The molecule has 0 aliphatic rings. The molecule has 6 nitrogen and oxygen atoms in total. The molecule has 0 unspecified atom stereocenters. The third-order valence-electron chi connectivity index (χ3n) is 5.05. The molecule has 0 heterocycles. The molecule has 0 bridgehead atoms. The summed E-state index contributed by atoms with van der Waals surface area (Å²) in [4.78, 5) is 27.0. The maximum Gasteiger partial charge on any atom is 2.00 e. The smallest absolute Gasteiger partial charge is 0.422 e. The summed E-state index contributed by atoms with van der Waals surface area (Å²) in [6.45, 7) is 12.8. The Kier molecular flexibility index (Phi) is 15.2. The van der Waals surface area contributed by atoms with Gasteiger partial charge in [-0.3, -0.25) is 0 Å². The number of rotatable bonds is 3. The van der Waals surface area contributed by atoms with Crippen LogP contribution in [0.5, 0.6) is 5.75 Å². The minimum Gasteiger partial charge on any atom is -0.422 e. The first-order chi connectivity index (χ1) is 16.4. The van der Waals surface area contributed by atoms with E-state index in [0.29, 0.717) is 11.3 Å². The molecule has 3 aromatic rings. The van der Waals surface area contributed by atoms with E-state index in [2.05, 4.69) is 65.8 Å². The van der Waals surface area contributed by atoms with E-state index >= 15 is 0 Å². The summed E-state index contributed by atoms with van der Waals surface area (Å²) in [5, 5.41) is 0. The van der Waals surface area contributed by atoms with Crippen molar-refractivity contribution in [2.24, 2.45) is 0 Å². The van der Waals surface area contributed by atoms with Gasteiger partial charge in [-0.15, -0.1) is 0 Å². The number of esters is 1. The van der Waals surface area contributed by atoms with E-state index in [0.717, 1.165) is 22.3 Å². The second-order valence-corrected chi connectivity index (χ2v) is 10.0. The Labute approximate surface area is 235 Å². The molecule has 0 amide bonds. The molecule has 0 saturated carbocycles. The van der Waals surface area contributed by atoms with Gasteiger partial charge in [0.15, 0.2) is 0 Å². The van der Waals surface area contributed by atoms with Gasteiger partial charge in [0.05, 0.1) is 5.56 Å². The van der Waals surface area contributed by atoms with Crippen LogP contribution in [0.1, 0.15) is 63.0 Å². The largest absolute Gasteiger partial charge is 2.00 e. The van der Waals surface area contributed by atoms with Crippen molar-refractivity contribution < 1.29 is 28.4 Å². The Hall–Kier alpha value is -1.87. The van der Waals surface area contributed by atoms with Crippen LogP contribution in [-0.4, -0.2) is 42.0 Å². The first-order valence-corrected chi connectivity index (χ1v) is 12.4. The molecule has 2 N–H and O–H groups in total. The molecule has 0 saturated heterocycles. The fourth-order valence-electron chi connectivity index (χ4n) is 3.41. The average molecular weight is 723 g/mol. The van der Waals surface area contributed by atoms with Crippen LogP contribution in [0.4, 0.5) is 0 Å². The van der Waals surface area contributed by atoms with Crippen LogP contribution in [0.3, 0.4) is 0 Å². The van der Waals surface area contributed by atoms with Crippen LogP contribution in [0.2, 0.25) is 0 Å². The molecular weight excluding hydrogens is 691 g/mol. The average Bonchev–Trinajstić information content (AvgIpc) is 2.79. The summed E-state index contributed by atoms with van der Waals surface area (Å²) in [7, 11) is -1.67. The zero-order chi connectivity index (χ0) is 26.6. The predicted molar refractivity (Wildman–Crippen MR) is 146 cm³/mol. The molecule has 0 aliphatic heterocycles. The van der Waals surface area contributed by atoms with Crippen molar-refractivity contribution in [2.75, 3.05) is 0 Å². The van der Waals surface area contributed by atoms with Crippen molar-refractivity contribution in [3.05, 3.63) is 89.5 Å². The van der Waals surface area contributed by atoms with Gasteiger partial charge >= 0.3 is 49.5 Å². The Bertz CT molecular complexity index is 1070. The van der Waals surface area contributed by atoms with Crippen molar-refractivity contribution >= 4 is 49.5 Å². The fraction of sp³-hybridized carbons (Fsp3) is 0.296. The first kappa shape index (κ1) is 34.1. The number of carbonyl (C=O) groups is 1. The van der Waals surface area contributed by atoms with E-state index in [-0.39, 0.29) is 43.0 Å². The Balaban J connectivity index is 0.00000159. The van der Waals surface area contributed by atoms with Crippen LogP contribution in [0.15, 0.2) is 72.8 Å². The van der Waals surface area contributed by atoms with Crippen molar-refractivity contribution in [3.8, 4) is 16.9 Å². The van der Waals surface area contributed by atoms with E-state index in [1.54, 1.807) is 0 Å². The maximum atomic E-state index is 13.0. The van der Waals surface area contributed by atoms with Gasteiger partial charge in [-0.1, -0.05) is 102 Å². The first-order valence-electron chi connectivity index (χ1n) is 10.9. The van der Waals surface area contributed by atoms with Crippen molar-refractivity contribution in [3.63, 3.8) is 0 Å². The SMILES string of the molecule is CC(C)(C)c1cccc(C(C)(C)C)c1OC(=O)c1ccc(-c2ccccc2)cc1.O=PO.O=PO.[Bi+2]. The second kappa shape index (κ2) is 16.1. The fourth-order valence-corrected chi connectivity index (χ4v) is 3.41. The summed E-state index contributed by atoms with van der Waals surface area (Å²) in [6, 6.07) is 23.9. The summed E-state index contributed by atoms with van der Waals surface area (Å²) in [5.74, 6) is 0.358. The molecular formula is C27H32BiO6P2+2. The molecule has 0 fully saturated rings. The van der Waals surface area contributed by atoms with Crippen molar-refractivity contribution in [1.29, 1.82) is 0 Å². The Morgan fingerprint density at radius 1 is 0.667 bits per heavy atom. The number of benzene rings is 3. The van der Waals surface area contributed by atoms with E-state index < -0.39 is 17.4 Å². The standard InChI is InChI=1S/C27H30O2.Bi.2HO2P/c1-26(2,3)22-13-10-14-23(27(4,5)6)24(22)29-25(28)21-17-15-20(16-18-21)19-11-8-7-9-12-19;;2*1-3-2/h7-18H,1-6H3;;2*(H,1,2)/q;+2;;. The van der Waals surface area contributed by atoms with E-state index in [1.165, 1.54) is 0 Å². The normalized spacial score (nSPS) is 10.8. The quantitative estimate of drug-likeness (QED) is 0.129. The van der Waals surface area contributed by atoms with Gasteiger partial charge < -0.3 is 14.5 Å². The number of hydrogen-bond acceptors (Lipinski definition) is 4. The molecule has 0 aliphatic carbocycles. The number of carbonyl (C=O) groups excluding carboxylic acids is 1. The number of ether oxygens (including phenoxy) is 1. The van der Waals surface area contributed by atoms with Crippen LogP contribution >= 0.6 is 17.4 Å². The summed E-state index contributed by atoms with van der Waals surface area (Å²) in [6.07, 6.45) is 0. The van der Waals surface area contributed by atoms with Crippen LogP contribution in [0.25, 0.3) is 11.1 Å². The molecule has 0 aromatic heterocycles. The number of para-hydroxylation sites is 1. The second-order valence-electron chi connectivity index (χ2n) is 9.68. The van der Waals surface area contributed by atoms with Gasteiger partial charge in [0.2, 0.25) is 0 Å². The van der Waals surface area contributed by atoms with Crippen LogP contribution in [-0.2, 0) is 20.0 Å². The van der Waals surface area contributed by atoms with Gasteiger partial charge in [-0.05, 0) is 34.1 Å². The topological polar surface area (TPSA) is 101 Å². The minimum atomic E-state index is -0.833. The van der Waals surface area contributed by atoms with E-state index in [4.69, 9.17) is 23.7 Å². The van der Waals surface area contributed by atoms with Crippen LogP contribution < -0.4 is 4.74 Å². The molecule has 3 radical (unpaired) electrons. The number of hydrogen-bond donors (Lipinski definition) is 2. The van der Waals surface area contributed by atoms with Gasteiger partial charge in [-0.2, -0.15) is 0 Å². The van der Waals surface area contributed by atoms with Crippen molar-refractivity contribution in [1.82, 2.24) is 0 Å². The zero-order valence-electron chi connectivity index (χ0n) is 21.3. The van der Waals surface area contributed by atoms with Gasteiger partial charge in [0.1, 0.15) is 5.75 Å². The molecule has 9 heteroatoms. The Morgan fingerprint density at radius 3 is 1.44 bits per heavy atom. The third kappa shape index (κ3) is 10.6. The summed E-state index contributed by atoms with van der Waals surface area (Å²) < 4.78 is 22.9. The molecule has 3 rings (SSSR count). The van der Waals surface area contributed by atoms with Crippen LogP contribution in [0, 0.1) is 0 Å². The Morgan fingerprint density at radius 2 is 1.06 bits per heavy atom. The maximum absolute atomic E-state index is 13.0. The minimum absolute atomic E-state index is 0. The van der Waals surface area contributed by atoms with Gasteiger partial charge in [-0.25, -0.2) is 13.9 Å².